The quantitative estimate of drug-likeness (QED) is 0.158. The molecule has 0 aliphatic carbocycles. The van der Waals surface area contributed by atoms with Gasteiger partial charge in [-0.3, -0.25) is 14.4 Å². The smallest absolute Gasteiger partial charge is 0.251 e. The first-order valence-corrected chi connectivity index (χ1v) is 14.9. The molecule has 1 aliphatic rings. The van der Waals surface area contributed by atoms with Crippen LogP contribution in [0.4, 0.5) is 0 Å². The van der Waals surface area contributed by atoms with Crippen molar-refractivity contribution in [2.45, 2.75) is 63.3 Å². The van der Waals surface area contributed by atoms with Gasteiger partial charge in [0.25, 0.3) is 5.91 Å². The van der Waals surface area contributed by atoms with Gasteiger partial charge in [-0.15, -0.1) is 0 Å². The second kappa shape index (κ2) is 15.8. The first-order valence-electron chi connectivity index (χ1n) is 13.7. The maximum atomic E-state index is 12.8. The maximum Gasteiger partial charge on any atom is 0.251 e. The van der Waals surface area contributed by atoms with Crippen LogP contribution in [0.3, 0.4) is 0 Å². The number of hydrogen-bond donors (Lipinski definition) is 5. The summed E-state index contributed by atoms with van der Waals surface area (Å²) >= 11 is 1.71. The van der Waals surface area contributed by atoms with Gasteiger partial charge in [-0.05, 0) is 47.6 Å². The monoisotopic (exact) mass is 585 g/mol. The van der Waals surface area contributed by atoms with Gasteiger partial charge in [0.15, 0.2) is 0 Å². The van der Waals surface area contributed by atoms with Gasteiger partial charge in [0.05, 0.1) is 31.1 Å². The van der Waals surface area contributed by atoms with Crippen LogP contribution in [0.5, 0.6) is 0 Å². The molecule has 0 saturated carbocycles. The molecule has 1 saturated heterocycles. The Morgan fingerprint density at radius 1 is 1.17 bits per heavy atom. The van der Waals surface area contributed by atoms with E-state index in [9.17, 15) is 24.6 Å². The van der Waals surface area contributed by atoms with Crippen molar-refractivity contribution in [1.29, 1.82) is 5.41 Å². The largest absolute Gasteiger partial charge is 0.391 e. The molecule has 0 aromatic heterocycles. The van der Waals surface area contributed by atoms with Crippen LogP contribution in [0, 0.1) is 5.41 Å². The first kappa shape index (κ1) is 32.4. The molecule has 41 heavy (non-hydrogen) atoms. The summed E-state index contributed by atoms with van der Waals surface area (Å²) in [5.41, 5.74) is 2.46. The number of benzene rings is 2. The number of amides is 2. The highest BCUT2D eigenvalue weighted by Gasteiger charge is 2.53. The molecule has 10 nitrogen and oxygen atoms in total. The number of hydrogen-bond acceptors (Lipinski definition) is 9. The molecule has 2 aromatic rings. The fourth-order valence-corrected chi connectivity index (χ4v) is 5.32. The molecule has 1 heterocycles. The van der Waals surface area contributed by atoms with E-state index in [0.717, 1.165) is 22.6 Å². The maximum absolute atomic E-state index is 12.8. The Bertz CT molecular complexity index is 1160. The lowest BCUT2D eigenvalue weighted by atomic mass is 9.87. The van der Waals surface area contributed by atoms with Crippen LogP contribution < -0.4 is 10.6 Å². The van der Waals surface area contributed by atoms with Crippen LogP contribution in [0.15, 0.2) is 54.6 Å². The standard InChI is InChI=1S/C30H39N3O7S/c1-3-41-17-7-16-39-30(26(37)19-31)18-25(36)27(33-20(2)34)28(40-30)24(35)14-15-32-29(38)23-12-10-22(11-13-23)21-8-5-4-6-9-21/h4-6,8-13,19,24-25,27-28,31,35-36H,3,7,14-18H2,1-2H3,(H,32,38)(H,33,34)/t24?,25-,27+,28-,30+/m0/s1. The zero-order chi connectivity index (χ0) is 29.8. The summed E-state index contributed by atoms with van der Waals surface area (Å²) in [6, 6.07) is 15.9. The van der Waals surface area contributed by atoms with Gasteiger partial charge >= 0.3 is 0 Å². The predicted octanol–water partition coefficient (Wildman–Crippen LogP) is 2.56. The van der Waals surface area contributed by atoms with E-state index in [2.05, 4.69) is 10.6 Å². The molecule has 2 aromatic carbocycles. The molecule has 3 rings (SSSR count). The second-order valence-corrected chi connectivity index (χ2v) is 11.2. The molecule has 5 atom stereocenters. The molecule has 0 bridgehead atoms. The lowest BCUT2D eigenvalue weighted by Gasteiger charge is -2.46. The highest BCUT2D eigenvalue weighted by Crippen LogP contribution is 2.34. The van der Waals surface area contributed by atoms with Crippen molar-refractivity contribution in [3.05, 3.63) is 60.2 Å². The SMILES string of the molecule is CCSCCCO[C@]1(C(=O)C=N)C[C@H](O)[C@@H](NC(C)=O)[C@H](C(O)CCNC(=O)c2ccc(-c3ccccc3)cc2)O1. The molecular formula is C30H39N3O7S. The minimum atomic E-state index is -1.97. The van der Waals surface area contributed by atoms with E-state index in [0.29, 0.717) is 18.2 Å². The number of ether oxygens (including phenoxy) is 2. The number of ketones is 1. The van der Waals surface area contributed by atoms with Crippen molar-refractivity contribution in [3.63, 3.8) is 0 Å². The minimum Gasteiger partial charge on any atom is -0.391 e. The Morgan fingerprint density at radius 3 is 2.49 bits per heavy atom. The van der Waals surface area contributed by atoms with Crippen LogP contribution in [0.2, 0.25) is 0 Å². The van der Waals surface area contributed by atoms with Gasteiger partial charge in [-0.25, -0.2) is 0 Å². The zero-order valence-electron chi connectivity index (χ0n) is 23.4. The predicted molar refractivity (Wildman–Crippen MR) is 158 cm³/mol. The Kier molecular flexibility index (Phi) is 12.5. The number of carbonyl (C=O) groups excluding carboxylic acids is 3. The second-order valence-electron chi connectivity index (χ2n) is 9.80. The Labute approximate surface area is 244 Å². The first-order chi connectivity index (χ1) is 19.7. The number of nitrogens with one attached hydrogen (secondary N) is 3. The summed E-state index contributed by atoms with van der Waals surface area (Å²) in [7, 11) is 0. The number of carbonyl (C=O) groups is 3. The lowest BCUT2D eigenvalue weighted by molar-refractivity contribution is -0.294. The molecule has 2 amide bonds. The molecular weight excluding hydrogens is 546 g/mol. The van der Waals surface area contributed by atoms with Gasteiger partial charge in [0.1, 0.15) is 6.10 Å². The van der Waals surface area contributed by atoms with Gasteiger partial charge in [-0.1, -0.05) is 49.4 Å². The number of rotatable bonds is 15. The third-order valence-electron chi connectivity index (χ3n) is 6.78. The fourth-order valence-electron chi connectivity index (χ4n) is 4.71. The van der Waals surface area contributed by atoms with E-state index in [1.54, 1.807) is 23.9 Å². The Morgan fingerprint density at radius 2 is 1.85 bits per heavy atom. The third-order valence-corrected chi connectivity index (χ3v) is 7.77. The average molecular weight is 586 g/mol. The molecule has 11 heteroatoms. The van der Waals surface area contributed by atoms with Crippen LogP contribution in [-0.2, 0) is 19.1 Å². The summed E-state index contributed by atoms with van der Waals surface area (Å²) in [6.45, 7) is 3.51. The number of Topliss-reactive ketones (excluding diaryl/α,β-unsaturated/α-hetero) is 1. The van der Waals surface area contributed by atoms with E-state index in [1.807, 2.05) is 49.4 Å². The van der Waals surface area contributed by atoms with Gasteiger partial charge in [0, 0.05) is 25.5 Å². The van der Waals surface area contributed by atoms with Crippen molar-refractivity contribution in [3.8, 4) is 11.1 Å². The molecule has 0 radical (unpaired) electrons. The van der Waals surface area contributed by atoms with Crippen LogP contribution >= 0.6 is 11.8 Å². The Hall–Kier alpha value is -3.09. The number of aliphatic hydroxyl groups is 2. The van der Waals surface area contributed by atoms with Gasteiger partial charge in [-0.2, -0.15) is 11.8 Å². The van der Waals surface area contributed by atoms with Gasteiger partial charge < -0.3 is 35.7 Å². The minimum absolute atomic E-state index is 0.00328. The third kappa shape index (κ3) is 8.95. The average Bonchev–Trinajstić information content (AvgIpc) is 2.98. The van der Waals surface area contributed by atoms with E-state index in [-0.39, 0.29) is 31.9 Å². The van der Waals surface area contributed by atoms with Crippen molar-refractivity contribution < 1.29 is 34.1 Å². The van der Waals surface area contributed by atoms with E-state index >= 15 is 0 Å². The van der Waals surface area contributed by atoms with E-state index in [4.69, 9.17) is 14.9 Å². The molecule has 222 valence electrons. The van der Waals surface area contributed by atoms with Crippen molar-refractivity contribution in [1.82, 2.24) is 10.6 Å². The number of thioether (sulfide) groups is 1. The molecule has 1 aliphatic heterocycles. The summed E-state index contributed by atoms with van der Waals surface area (Å²) in [5.74, 6) is -1.83. The molecule has 1 unspecified atom stereocenters. The van der Waals surface area contributed by atoms with Crippen LogP contribution in [0.25, 0.3) is 11.1 Å². The normalized spacial score (nSPS) is 22.9. The van der Waals surface area contributed by atoms with Crippen molar-refractivity contribution in [2.24, 2.45) is 0 Å². The van der Waals surface area contributed by atoms with Crippen molar-refractivity contribution in [2.75, 3.05) is 24.7 Å². The van der Waals surface area contributed by atoms with E-state index < -0.39 is 41.8 Å². The summed E-state index contributed by atoms with van der Waals surface area (Å²) in [4.78, 5) is 37.4. The van der Waals surface area contributed by atoms with Gasteiger partial charge in [0.2, 0.25) is 17.5 Å². The Balaban J connectivity index is 1.66. The molecule has 5 N–H and O–H groups in total. The van der Waals surface area contributed by atoms with Crippen LogP contribution in [0.1, 0.15) is 43.5 Å². The van der Waals surface area contributed by atoms with E-state index in [1.165, 1.54) is 6.92 Å². The fraction of sp³-hybridized carbons (Fsp3) is 0.467. The summed E-state index contributed by atoms with van der Waals surface area (Å²) in [6.07, 6.45) is -2.95. The van der Waals surface area contributed by atoms with Crippen molar-refractivity contribution >= 4 is 35.6 Å². The topological polar surface area (TPSA) is 158 Å². The lowest BCUT2D eigenvalue weighted by Crippen LogP contribution is -2.66. The molecule has 0 spiro atoms. The molecule has 1 fully saturated rings. The summed E-state index contributed by atoms with van der Waals surface area (Å²) in [5, 5.41) is 34.9. The zero-order valence-corrected chi connectivity index (χ0v) is 24.2. The summed E-state index contributed by atoms with van der Waals surface area (Å²) < 4.78 is 11.8. The van der Waals surface area contributed by atoms with Crippen LogP contribution in [-0.4, -0.2) is 88.8 Å². The highest BCUT2D eigenvalue weighted by molar-refractivity contribution is 7.99. The number of aliphatic hydroxyl groups excluding tert-OH is 2. The highest BCUT2D eigenvalue weighted by atomic mass is 32.2.